The van der Waals surface area contributed by atoms with Crippen LogP contribution in [0, 0.1) is 0 Å². The van der Waals surface area contributed by atoms with Gasteiger partial charge in [-0.3, -0.25) is 9.69 Å². The first-order valence-corrected chi connectivity index (χ1v) is 10.9. The molecule has 7 nitrogen and oxygen atoms in total. The standard InChI is InChI=1S/C25H25N5O2/c31-23(16-29-10-8-20-3-1-2-4-22(20)15-29)17-30-25(32)24-12-18(5-6-21(24)14-28-30)11-19-7-9-26-27-13-19/h1-7,9,12-14,23,31H,8,10-11,15-17H2. The minimum atomic E-state index is -0.672. The van der Waals surface area contributed by atoms with Crippen molar-refractivity contribution < 1.29 is 5.11 Å². The fourth-order valence-electron chi connectivity index (χ4n) is 4.39. The minimum absolute atomic E-state index is 0.172. The molecular formula is C25H25N5O2. The summed E-state index contributed by atoms with van der Waals surface area (Å²) in [6, 6.07) is 16.2. The van der Waals surface area contributed by atoms with E-state index in [2.05, 4.69) is 44.5 Å². The zero-order chi connectivity index (χ0) is 21.9. The molecule has 7 heteroatoms. The minimum Gasteiger partial charge on any atom is -0.390 e. The summed E-state index contributed by atoms with van der Waals surface area (Å²) in [5.41, 5.74) is 4.56. The fraction of sp³-hybridized carbons (Fsp3) is 0.280. The maximum Gasteiger partial charge on any atom is 0.274 e. The van der Waals surface area contributed by atoms with Gasteiger partial charge in [0.15, 0.2) is 0 Å². The number of aliphatic hydroxyl groups is 1. The molecule has 1 aliphatic rings. The van der Waals surface area contributed by atoms with E-state index >= 15 is 0 Å². The number of rotatable bonds is 6. The lowest BCUT2D eigenvalue weighted by Gasteiger charge is -2.30. The van der Waals surface area contributed by atoms with Gasteiger partial charge in [-0.25, -0.2) is 4.68 Å². The van der Waals surface area contributed by atoms with Crippen LogP contribution < -0.4 is 5.56 Å². The summed E-state index contributed by atoms with van der Waals surface area (Å²) in [6.45, 7) is 2.41. The van der Waals surface area contributed by atoms with E-state index in [1.807, 2.05) is 24.3 Å². The first-order valence-electron chi connectivity index (χ1n) is 10.9. The zero-order valence-corrected chi connectivity index (χ0v) is 17.8. The topological polar surface area (TPSA) is 84.1 Å². The van der Waals surface area contributed by atoms with E-state index in [1.165, 1.54) is 15.8 Å². The van der Waals surface area contributed by atoms with Crippen molar-refractivity contribution in [1.82, 2.24) is 24.9 Å². The van der Waals surface area contributed by atoms with Gasteiger partial charge in [0.05, 0.1) is 30.4 Å². The van der Waals surface area contributed by atoms with Crippen LogP contribution in [0.25, 0.3) is 10.8 Å². The average molecular weight is 428 g/mol. The molecule has 1 atom stereocenters. The highest BCUT2D eigenvalue weighted by molar-refractivity contribution is 5.81. The van der Waals surface area contributed by atoms with Crippen LogP contribution in [0.2, 0.25) is 0 Å². The lowest BCUT2D eigenvalue weighted by atomic mass is 10.00. The van der Waals surface area contributed by atoms with Gasteiger partial charge in [-0.2, -0.15) is 15.3 Å². The van der Waals surface area contributed by atoms with Crippen LogP contribution in [-0.4, -0.2) is 49.2 Å². The predicted octanol–water partition coefficient (Wildman–Crippen LogP) is 2.20. The van der Waals surface area contributed by atoms with E-state index in [4.69, 9.17) is 0 Å². The summed E-state index contributed by atoms with van der Waals surface area (Å²) < 4.78 is 1.38. The van der Waals surface area contributed by atoms with Crippen LogP contribution in [0.15, 0.2) is 71.9 Å². The molecule has 0 saturated carbocycles. The lowest BCUT2D eigenvalue weighted by molar-refractivity contribution is 0.0878. The predicted molar refractivity (Wildman–Crippen MR) is 122 cm³/mol. The highest BCUT2D eigenvalue weighted by atomic mass is 16.3. The van der Waals surface area contributed by atoms with Crippen molar-refractivity contribution in [3.63, 3.8) is 0 Å². The number of fused-ring (bicyclic) bond motifs is 2. The van der Waals surface area contributed by atoms with E-state index < -0.39 is 6.10 Å². The Kier molecular flexibility index (Phi) is 5.75. The molecule has 0 saturated heterocycles. The Morgan fingerprint density at radius 1 is 0.969 bits per heavy atom. The molecule has 5 rings (SSSR count). The number of benzene rings is 2. The maximum absolute atomic E-state index is 13.1. The molecule has 162 valence electrons. The van der Waals surface area contributed by atoms with Crippen molar-refractivity contribution in [1.29, 1.82) is 0 Å². The fourth-order valence-corrected chi connectivity index (χ4v) is 4.39. The molecule has 1 unspecified atom stereocenters. The van der Waals surface area contributed by atoms with E-state index in [1.54, 1.807) is 18.6 Å². The van der Waals surface area contributed by atoms with Crippen LogP contribution in [0.1, 0.15) is 22.3 Å². The third-order valence-corrected chi connectivity index (χ3v) is 6.03. The SMILES string of the molecule is O=c1c2cc(Cc3ccnnc3)ccc2cnn1CC(O)CN1CCc2ccccc2C1. The lowest BCUT2D eigenvalue weighted by Crippen LogP contribution is -2.40. The Morgan fingerprint density at radius 3 is 2.69 bits per heavy atom. The molecule has 2 aromatic carbocycles. The summed E-state index contributed by atoms with van der Waals surface area (Å²) in [6.07, 6.45) is 6.06. The summed E-state index contributed by atoms with van der Waals surface area (Å²) in [5, 5.41) is 24.1. The van der Waals surface area contributed by atoms with Crippen molar-refractivity contribution in [3.05, 3.63) is 99.7 Å². The van der Waals surface area contributed by atoms with Gasteiger partial charge in [-0.05, 0) is 47.2 Å². The molecule has 1 N–H and O–H groups in total. The van der Waals surface area contributed by atoms with E-state index in [9.17, 15) is 9.90 Å². The first-order chi connectivity index (χ1) is 15.7. The van der Waals surface area contributed by atoms with Crippen LogP contribution >= 0.6 is 0 Å². The highest BCUT2D eigenvalue weighted by Crippen LogP contribution is 2.19. The molecule has 0 fully saturated rings. The number of hydrogen-bond donors (Lipinski definition) is 1. The number of aliphatic hydroxyl groups excluding tert-OH is 1. The highest BCUT2D eigenvalue weighted by Gasteiger charge is 2.19. The molecule has 4 aromatic rings. The molecule has 0 amide bonds. The second kappa shape index (κ2) is 8.98. The van der Waals surface area contributed by atoms with Gasteiger partial charge in [-0.1, -0.05) is 36.4 Å². The summed E-state index contributed by atoms with van der Waals surface area (Å²) >= 11 is 0. The molecule has 0 radical (unpaired) electrons. The van der Waals surface area contributed by atoms with Crippen LogP contribution in [0.5, 0.6) is 0 Å². The van der Waals surface area contributed by atoms with Crippen LogP contribution in [0.3, 0.4) is 0 Å². The molecular weight excluding hydrogens is 402 g/mol. The maximum atomic E-state index is 13.1. The van der Waals surface area contributed by atoms with Crippen molar-refractivity contribution in [2.75, 3.05) is 13.1 Å². The molecule has 0 spiro atoms. The van der Waals surface area contributed by atoms with Crippen molar-refractivity contribution >= 4 is 10.8 Å². The van der Waals surface area contributed by atoms with Gasteiger partial charge in [0.2, 0.25) is 0 Å². The third kappa shape index (κ3) is 4.44. The molecule has 0 aliphatic carbocycles. The third-order valence-electron chi connectivity index (χ3n) is 6.03. The quantitative estimate of drug-likeness (QED) is 0.508. The van der Waals surface area contributed by atoms with Crippen molar-refractivity contribution in [2.45, 2.75) is 32.0 Å². The Bertz CT molecular complexity index is 1290. The van der Waals surface area contributed by atoms with Gasteiger partial charge in [0.25, 0.3) is 5.56 Å². The number of β-amino-alcohol motifs (C(OH)–C–C–N with tert-alkyl or cyclic N) is 1. The largest absolute Gasteiger partial charge is 0.390 e. The normalized spacial score (nSPS) is 14.9. The van der Waals surface area contributed by atoms with Crippen LogP contribution in [-0.2, 0) is 25.9 Å². The van der Waals surface area contributed by atoms with Crippen molar-refractivity contribution in [2.24, 2.45) is 0 Å². The Labute approximate surface area is 186 Å². The van der Waals surface area contributed by atoms with Gasteiger partial charge in [0, 0.05) is 31.2 Å². The molecule has 32 heavy (non-hydrogen) atoms. The second-order valence-corrected chi connectivity index (χ2v) is 8.39. The van der Waals surface area contributed by atoms with E-state index in [0.29, 0.717) is 18.4 Å². The summed E-state index contributed by atoms with van der Waals surface area (Å²) in [7, 11) is 0. The number of aromatic nitrogens is 4. The second-order valence-electron chi connectivity index (χ2n) is 8.39. The average Bonchev–Trinajstić information content (AvgIpc) is 2.82. The Balaban J connectivity index is 1.30. The van der Waals surface area contributed by atoms with Crippen LogP contribution in [0.4, 0.5) is 0 Å². The van der Waals surface area contributed by atoms with Gasteiger partial charge in [-0.15, -0.1) is 0 Å². The zero-order valence-electron chi connectivity index (χ0n) is 17.8. The monoisotopic (exact) mass is 427 g/mol. The summed E-state index contributed by atoms with van der Waals surface area (Å²) in [4.78, 5) is 15.3. The smallest absolute Gasteiger partial charge is 0.274 e. The molecule has 0 bridgehead atoms. The molecule has 1 aliphatic heterocycles. The van der Waals surface area contributed by atoms with Gasteiger partial charge >= 0.3 is 0 Å². The molecule has 3 heterocycles. The number of nitrogens with zero attached hydrogens (tertiary/aromatic N) is 5. The van der Waals surface area contributed by atoms with Gasteiger partial charge in [0.1, 0.15) is 0 Å². The van der Waals surface area contributed by atoms with Gasteiger partial charge < -0.3 is 5.11 Å². The number of hydrogen-bond acceptors (Lipinski definition) is 6. The Morgan fingerprint density at radius 2 is 1.84 bits per heavy atom. The van der Waals surface area contributed by atoms with Crippen molar-refractivity contribution in [3.8, 4) is 0 Å². The Hall–Kier alpha value is -3.42. The first kappa shape index (κ1) is 20.5. The molecule has 2 aromatic heterocycles. The van der Waals surface area contributed by atoms with E-state index in [-0.39, 0.29) is 12.1 Å². The van der Waals surface area contributed by atoms with E-state index in [0.717, 1.165) is 36.0 Å². The summed E-state index contributed by atoms with van der Waals surface area (Å²) in [5.74, 6) is 0.